The van der Waals surface area contributed by atoms with Crippen LogP contribution in [0.15, 0.2) is 12.4 Å². The fourth-order valence-electron chi connectivity index (χ4n) is 1.33. The van der Waals surface area contributed by atoms with Crippen molar-refractivity contribution in [3.05, 3.63) is 18.2 Å². The second-order valence-electron chi connectivity index (χ2n) is 3.58. The molecule has 0 fully saturated rings. The van der Waals surface area contributed by atoms with Gasteiger partial charge >= 0.3 is 6.09 Å². The highest BCUT2D eigenvalue weighted by atomic mass is 16.5. The summed E-state index contributed by atoms with van der Waals surface area (Å²) in [5.41, 5.74) is 0. The van der Waals surface area contributed by atoms with Crippen LogP contribution in [-0.4, -0.2) is 28.8 Å². The summed E-state index contributed by atoms with van der Waals surface area (Å²) >= 11 is 0. The third-order valence-corrected chi connectivity index (χ3v) is 2.21. The molecule has 0 aliphatic carbocycles. The Balaban J connectivity index is 2.08. The number of amides is 1. The number of ether oxygens (including phenoxy) is 1. The van der Waals surface area contributed by atoms with Gasteiger partial charge in [0.2, 0.25) is 0 Å². The summed E-state index contributed by atoms with van der Waals surface area (Å²) in [6.07, 6.45) is 5.10. The third-order valence-electron chi connectivity index (χ3n) is 2.21. The van der Waals surface area contributed by atoms with Gasteiger partial charge < -0.3 is 14.6 Å². The summed E-state index contributed by atoms with van der Waals surface area (Å²) < 4.78 is 6.94. The van der Waals surface area contributed by atoms with Crippen LogP contribution in [0.2, 0.25) is 0 Å². The first-order valence-corrected chi connectivity index (χ1v) is 5.62. The van der Waals surface area contributed by atoms with Gasteiger partial charge in [-0.2, -0.15) is 0 Å². The second-order valence-corrected chi connectivity index (χ2v) is 3.58. The first-order chi connectivity index (χ1) is 7.74. The summed E-state index contributed by atoms with van der Waals surface area (Å²) in [6, 6.07) is 0. The fraction of sp³-hybridized carbons (Fsp3) is 0.636. The smallest absolute Gasteiger partial charge is 0.407 e. The van der Waals surface area contributed by atoms with Crippen molar-refractivity contribution in [2.45, 2.75) is 33.2 Å². The molecular formula is C11H19N3O2. The van der Waals surface area contributed by atoms with Crippen molar-refractivity contribution >= 4 is 6.09 Å². The molecule has 0 saturated carbocycles. The monoisotopic (exact) mass is 225 g/mol. The maximum absolute atomic E-state index is 11.1. The normalized spacial score (nSPS) is 10.1. The van der Waals surface area contributed by atoms with Gasteiger partial charge in [-0.05, 0) is 19.8 Å². The number of hydrogen-bond acceptors (Lipinski definition) is 3. The molecule has 1 aromatic rings. The van der Waals surface area contributed by atoms with Gasteiger partial charge in [0.1, 0.15) is 5.82 Å². The van der Waals surface area contributed by atoms with Crippen molar-refractivity contribution in [3.63, 3.8) is 0 Å². The maximum Gasteiger partial charge on any atom is 0.407 e. The fourth-order valence-corrected chi connectivity index (χ4v) is 1.33. The van der Waals surface area contributed by atoms with E-state index in [1.54, 1.807) is 6.20 Å². The van der Waals surface area contributed by atoms with Crippen LogP contribution in [0, 0.1) is 6.92 Å². The highest BCUT2D eigenvalue weighted by Gasteiger charge is 2.00. The first kappa shape index (κ1) is 12.5. The Kier molecular flexibility index (Phi) is 5.39. The SMILES string of the molecule is CCCOC(=O)NCCCn1ccnc1C. The van der Waals surface area contributed by atoms with Crippen molar-refractivity contribution in [3.8, 4) is 0 Å². The van der Waals surface area contributed by atoms with Crippen molar-refractivity contribution in [1.82, 2.24) is 14.9 Å². The molecule has 0 spiro atoms. The van der Waals surface area contributed by atoms with Crippen molar-refractivity contribution in [2.24, 2.45) is 0 Å². The number of carbonyl (C=O) groups excluding carboxylic acids is 1. The molecule has 1 amide bonds. The van der Waals surface area contributed by atoms with E-state index >= 15 is 0 Å². The van der Waals surface area contributed by atoms with Crippen LogP contribution < -0.4 is 5.32 Å². The van der Waals surface area contributed by atoms with Crippen molar-refractivity contribution < 1.29 is 9.53 Å². The van der Waals surface area contributed by atoms with Gasteiger partial charge in [-0.15, -0.1) is 0 Å². The molecule has 0 aliphatic rings. The zero-order valence-electron chi connectivity index (χ0n) is 9.90. The van der Waals surface area contributed by atoms with E-state index in [2.05, 4.69) is 14.9 Å². The molecule has 1 heterocycles. The molecule has 0 aromatic carbocycles. The highest BCUT2D eigenvalue weighted by molar-refractivity contribution is 5.66. The Morgan fingerprint density at radius 3 is 3.06 bits per heavy atom. The molecule has 0 atom stereocenters. The van der Waals surface area contributed by atoms with E-state index in [0.29, 0.717) is 13.2 Å². The lowest BCUT2D eigenvalue weighted by Crippen LogP contribution is -2.26. The number of aryl methyl sites for hydroxylation is 2. The van der Waals surface area contributed by atoms with Gasteiger partial charge in [-0.3, -0.25) is 0 Å². The third kappa shape index (κ3) is 4.33. The number of nitrogens with zero attached hydrogens (tertiary/aromatic N) is 2. The Morgan fingerprint density at radius 2 is 2.44 bits per heavy atom. The number of hydrogen-bond donors (Lipinski definition) is 1. The Bertz CT molecular complexity index is 323. The standard InChI is InChI=1S/C11H19N3O2/c1-3-9-16-11(15)13-5-4-7-14-8-6-12-10(14)2/h6,8H,3-5,7,9H2,1-2H3,(H,13,15). The Labute approximate surface area is 95.8 Å². The molecule has 0 bridgehead atoms. The lowest BCUT2D eigenvalue weighted by atomic mass is 10.4. The van der Waals surface area contributed by atoms with Crippen LogP contribution in [-0.2, 0) is 11.3 Å². The second kappa shape index (κ2) is 6.87. The lowest BCUT2D eigenvalue weighted by molar-refractivity contribution is 0.146. The minimum Gasteiger partial charge on any atom is -0.450 e. The van der Waals surface area contributed by atoms with E-state index in [0.717, 1.165) is 25.2 Å². The first-order valence-electron chi connectivity index (χ1n) is 5.62. The van der Waals surface area contributed by atoms with E-state index in [1.807, 2.05) is 20.0 Å². The molecule has 0 radical (unpaired) electrons. The van der Waals surface area contributed by atoms with Gasteiger partial charge in [0.25, 0.3) is 0 Å². The van der Waals surface area contributed by atoms with E-state index in [4.69, 9.17) is 4.74 Å². The van der Waals surface area contributed by atoms with Crippen LogP contribution in [0.3, 0.4) is 0 Å². The van der Waals surface area contributed by atoms with Crippen molar-refractivity contribution in [1.29, 1.82) is 0 Å². The van der Waals surface area contributed by atoms with Crippen LogP contribution in [0.4, 0.5) is 4.79 Å². The number of aromatic nitrogens is 2. The molecule has 16 heavy (non-hydrogen) atoms. The highest BCUT2D eigenvalue weighted by Crippen LogP contribution is 1.96. The predicted molar refractivity (Wildman–Crippen MR) is 61.2 cm³/mol. The van der Waals surface area contributed by atoms with Crippen LogP contribution in [0.25, 0.3) is 0 Å². The van der Waals surface area contributed by atoms with E-state index < -0.39 is 0 Å². The molecule has 90 valence electrons. The van der Waals surface area contributed by atoms with Crippen molar-refractivity contribution in [2.75, 3.05) is 13.2 Å². The Morgan fingerprint density at radius 1 is 1.62 bits per heavy atom. The van der Waals surface area contributed by atoms with Gasteiger partial charge in [-0.25, -0.2) is 9.78 Å². The van der Waals surface area contributed by atoms with E-state index in [-0.39, 0.29) is 6.09 Å². The number of alkyl carbamates (subject to hydrolysis) is 1. The zero-order chi connectivity index (χ0) is 11.8. The average Bonchev–Trinajstić information content (AvgIpc) is 2.67. The van der Waals surface area contributed by atoms with Gasteiger partial charge in [0.15, 0.2) is 0 Å². The minimum atomic E-state index is -0.329. The minimum absolute atomic E-state index is 0.329. The molecule has 5 heteroatoms. The number of nitrogens with one attached hydrogen (secondary N) is 1. The summed E-state index contributed by atoms with van der Waals surface area (Å²) in [7, 11) is 0. The number of rotatable bonds is 6. The molecule has 0 aliphatic heterocycles. The molecule has 1 aromatic heterocycles. The summed E-state index contributed by atoms with van der Waals surface area (Å²) in [5.74, 6) is 0.994. The summed E-state index contributed by atoms with van der Waals surface area (Å²) in [5, 5.41) is 2.70. The van der Waals surface area contributed by atoms with Gasteiger partial charge in [0.05, 0.1) is 6.61 Å². The molecule has 1 N–H and O–H groups in total. The summed E-state index contributed by atoms with van der Waals surface area (Å²) in [4.78, 5) is 15.2. The molecule has 0 saturated heterocycles. The summed E-state index contributed by atoms with van der Waals surface area (Å²) in [6.45, 7) is 5.89. The van der Waals surface area contributed by atoms with E-state index in [1.165, 1.54) is 0 Å². The molecular weight excluding hydrogens is 206 g/mol. The van der Waals surface area contributed by atoms with Crippen LogP contribution in [0.1, 0.15) is 25.6 Å². The Hall–Kier alpha value is -1.52. The number of carbonyl (C=O) groups is 1. The lowest BCUT2D eigenvalue weighted by Gasteiger charge is -2.07. The molecule has 5 nitrogen and oxygen atoms in total. The zero-order valence-corrected chi connectivity index (χ0v) is 9.90. The van der Waals surface area contributed by atoms with Crippen LogP contribution in [0.5, 0.6) is 0 Å². The van der Waals surface area contributed by atoms with Gasteiger partial charge in [-0.1, -0.05) is 6.92 Å². The molecule has 0 unspecified atom stereocenters. The van der Waals surface area contributed by atoms with E-state index in [9.17, 15) is 4.79 Å². The quantitative estimate of drug-likeness (QED) is 0.750. The topological polar surface area (TPSA) is 56.1 Å². The predicted octanol–water partition coefficient (Wildman–Crippen LogP) is 1.72. The van der Waals surface area contributed by atoms with Gasteiger partial charge in [0, 0.05) is 25.5 Å². The van der Waals surface area contributed by atoms with Crippen LogP contribution >= 0.6 is 0 Å². The molecule has 1 rings (SSSR count). The maximum atomic E-state index is 11.1. The largest absolute Gasteiger partial charge is 0.450 e. The average molecular weight is 225 g/mol. The number of imidazole rings is 1.